The smallest absolute Gasteiger partial charge is 0.132 e. The summed E-state index contributed by atoms with van der Waals surface area (Å²) in [5, 5.41) is 0. The van der Waals surface area contributed by atoms with E-state index in [0.717, 1.165) is 4.48 Å². The number of benzene rings is 2. The molecule has 0 aliphatic carbocycles. The van der Waals surface area contributed by atoms with Crippen LogP contribution in [0.5, 0.6) is 0 Å². The SMILES string of the molecule is CCCCCCCCCCCCCCCCCCC[N+](C)(CC)c1ccccc1.Cc1ccccc1S(=O)(=O)[O-]. The summed E-state index contributed by atoms with van der Waals surface area (Å²) in [4.78, 5) is -0.139. The van der Waals surface area contributed by atoms with Crippen molar-refractivity contribution >= 4 is 15.8 Å². The summed E-state index contributed by atoms with van der Waals surface area (Å²) < 4.78 is 32.6. The van der Waals surface area contributed by atoms with Crippen molar-refractivity contribution in [1.29, 1.82) is 0 Å². The number of quaternary nitrogens is 1. The summed E-state index contributed by atoms with van der Waals surface area (Å²) in [6.07, 6.45) is 24.6. The maximum Gasteiger partial charge on any atom is 0.132 e. The van der Waals surface area contributed by atoms with Crippen molar-refractivity contribution in [3.63, 3.8) is 0 Å². The molecule has 2 rings (SSSR count). The molecule has 0 saturated carbocycles. The lowest BCUT2D eigenvalue weighted by Gasteiger charge is -2.33. The first-order chi connectivity index (χ1) is 19.2. The summed E-state index contributed by atoms with van der Waals surface area (Å²) in [6, 6.07) is 17.2. The van der Waals surface area contributed by atoms with E-state index in [-0.39, 0.29) is 4.90 Å². The van der Waals surface area contributed by atoms with Gasteiger partial charge in [0.05, 0.1) is 25.0 Å². The van der Waals surface area contributed by atoms with Gasteiger partial charge < -0.3 is 4.55 Å². The minimum atomic E-state index is -4.28. The zero-order valence-electron chi connectivity index (χ0n) is 26.2. The van der Waals surface area contributed by atoms with Gasteiger partial charge in [-0.25, -0.2) is 8.42 Å². The van der Waals surface area contributed by atoms with Crippen LogP contribution in [-0.4, -0.2) is 33.1 Å². The van der Waals surface area contributed by atoms with E-state index >= 15 is 0 Å². The van der Waals surface area contributed by atoms with Gasteiger partial charge in [0.2, 0.25) is 0 Å². The van der Waals surface area contributed by atoms with Crippen LogP contribution in [0.4, 0.5) is 5.69 Å². The number of rotatable bonds is 21. The number of para-hydroxylation sites is 1. The van der Waals surface area contributed by atoms with E-state index < -0.39 is 10.1 Å². The summed E-state index contributed by atoms with van der Waals surface area (Å²) in [5.41, 5.74) is 1.95. The van der Waals surface area contributed by atoms with Gasteiger partial charge in [-0.15, -0.1) is 0 Å². The number of aryl methyl sites for hydroxylation is 1. The fourth-order valence-corrected chi connectivity index (χ4v) is 5.99. The van der Waals surface area contributed by atoms with E-state index in [2.05, 4.69) is 51.2 Å². The molecule has 0 amide bonds. The van der Waals surface area contributed by atoms with Crippen molar-refractivity contribution in [3.8, 4) is 0 Å². The molecular formula is C35H59NO3S. The highest BCUT2D eigenvalue weighted by molar-refractivity contribution is 7.85. The Bertz CT molecular complexity index is 977. The first-order valence-electron chi connectivity index (χ1n) is 16.2. The van der Waals surface area contributed by atoms with Crippen LogP contribution in [0.2, 0.25) is 0 Å². The van der Waals surface area contributed by atoms with Crippen molar-refractivity contribution < 1.29 is 13.0 Å². The minimum absolute atomic E-state index is 0.139. The third-order valence-electron chi connectivity index (χ3n) is 8.20. The first-order valence-corrected chi connectivity index (χ1v) is 17.6. The molecule has 0 N–H and O–H groups in total. The summed E-state index contributed by atoms with van der Waals surface area (Å²) in [6.45, 7) is 8.67. The van der Waals surface area contributed by atoms with Crippen LogP contribution in [0.15, 0.2) is 59.5 Å². The number of hydrogen-bond donors (Lipinski definition) is 0. The van der Waals surface area contributed by atoms with Gasteiger partial charge in [-0.2, -0.15) is 0 Å². The third kappa shape index (κ3) is 16.5. The number of hydrogen-bond acceptors (Lipinski definition) is 3. The van der Waals surface area contributed by atoms with Crippen LogP contribution in [0.25, 0.3) is 0 Å². The fraction of sp³-hybridized carbons (Fsp3) is 0.657. The lowest BCUT2D eigenvalue weighted by molar-refractivity contribution is 0.334. The second-order valence-corrected chi connectivity index (χ2v) is 13.0. The Morgan fingerprint density at radius 3 is 1.38 bits per heavy atom. The molecule has 0 bridgehead atoms. The molecule has 4 nitrogen and oxygen atoms in total. The van der Waals surface area contributed by atoms with E-state index in [9.17, 15) is 13.0 Å². The van der Waals surface area contributed by atoms with E-state index in [4.69, 9.17) is 0 Å². The average molecular weight is 574 g/mol. The van der Waals surface area contributed by atoms with Gasteiger partial charge in [0.15, 0.2) is 0 Å². The van der Waals surface area contributed by atoms with E-state index in [0.29, 0.717) is 5.56 Å². The Hall–Kier alpha value is -1.69. The standard InChI is InChI=1S/C28H52N.C7H8O3S/c1-4-6-7-8-9-10-11-12-13-14-15-16-17-18-19-20-24-27-29(3,5-2)28-25-22-21-23-26-28;1-6-4-2-3-5-7(6)11(8,9)10/h21-23,25-26H,4-20,24,27H2,1-3H3;2-5H,1H3,(H,8,9,10)/q+1;/p-1. The highest BCUT2D eigenvalue weighted by atomic mass is 32.2. The van der Waals surface area contributed by atoms with Gasteiger partial charge in [-0.1, -0.05) is 140 Å². The van der Waals surface area contributed by atoms with Crippen LogP contribution in [0, 0.1) is 6.92 Å². The molecule has 2 aromatic rings. The van der Waals surface area contributed by atoms with Gasteiger partial charge in [0.1, 0.15) is 15.8 Å². The quantitative estimate of drug-likeness (QED) is 0.0848. The van der Waals surface area contributed by atoms with E-state index in [1.807, 2.05) is 0 Å². The molecule has 0 aliphatic heterocycles. The second kappa shape index (κ2) is 22.0. The molecule has 1 atom stereocenters. The predicted octanol–water partition coefficient (Wildman–Crippen LogP) is 10.2. The van der Waals surface area contributed by atoms with Crippen molar-refractivity contribution in [2.75, 3.05) is 20.1 Å². The Labute approximate surface area is 247 Å². The largest absolute Gasteiger partial charge is 0.744 e. The van der Waals surface area contributed by atoms with Crippen LogP contribution < -0.4 is 4.48 Å². The van der Waals surface area contributed by atoms with Crippen LogP contribution in [-0.2, 0) is 10.1 Å². The van der Waals surface area contributed by atoms with Crippen LogP contribution >= 0.6 is 0 Å². The Morgan fingerprint density at radius 1 is 0.600 bits per heavy atom. The zero-order valence-corrected chi connectivity index (χ0v) is 27.0. The molecule has 0 radical (unpaired) electrons. The van der Waals surface area contributed by atoms with Crippen LogP contribution in [0.3, 0.4) is 0 Å². The normalized spacial score (nSPS) is 12.9. The molecule has 0 fully saturated rings. The lowest BCUT2D eigenvalue weighted by atomic mass is 10.0. The molecule has 228 valence electrons. The van der Waals surface area contributed by atoms with Crippen molar-refractivity contribution in [3.05, 3.63) is 60.2 Å². The van der Waals surface area contributed by atoms with Gasteiger partial charge in [0.25, 0.3) is 0 Å². The van der Waals surface area contributed by atoms with Gasteiger partial charge in [-0.05, 0) is 50.5 Å². The summed E-state index contributed by atoms with van der Waals surface area (Å²) in [5.74, 6) is 0. The average Bonchev–Trinajstić information content (AvgIpc) is 2.95. The molecule has 1 unspecified atom stereocenters. The van der Waals surface area contributed by atoms with Crippen LogP contribution in [0.1, 0.15) is 129 Å². The second-order valence-electron chi connectivity index (χ2n) is 11.6. The minimum Gasteiger partial charge on any atom is -0.744 e. The fourth-order valence-electron chi connectivity index (χ4n) is 5.28. The molecule has 0 saturated heterocycles. The number of nitrogens with zero attached hydrogens (tertiary/aromatic N) is 1. The lowest BCUT2D eigenvalue weighted by Crippen LogP contribution is -2.45. The van der Waals surface area contributed by atoms with Crippen molar-refractivity contribution in [1.82, 2.24) is 4.48 Å². The van der Waals surface area contributed by atoms with E-state index in [1.165, 1.54) is 140 Å². The highest BCUT2D eigenvalue weighted by Crippen LogP contribution is 2.22. The topological polar surface area (TPSA) is 57.2 Å². The molecule has 2 aromatic carbocycles. The van der Waals surface area contributed by atoms with Gasteiger partial charge in [-0.3, -0.25) is 4.48 Å². The highest BCUT2D eigenvalue weighted by Gasteiger charge is 2.21. The zero-order chi connectivity index (χ0) is 29.5. The molecule has 0 spiro atoms. The summed E-state index contributed by atoms with van der Waals surface area (Å²) in [7, 11) is -1.89. The Morgan fingerprint density at radius 2 is 1.00 bits per heavy atom. The van der Waals surface area contributed by atoms with Crippen molar-refractivity contribution in [2.45, 2.75) is 135 Å². The third-order valence-corrected chi connectivity index (χ3v) is 9.19. The molecule has 40 heavy (non-hydrogen) atoms. The van der Waals surface area contributed by atoms with E-state index in [1.54, 1.807) is 19.1 Å². The monoisotopic (exact) mass is 573 g/mol. The molecular weight excluding hydrogens is 514 g/mol. The maximum atomic E-state index is 10.5. The molecule has 0 aromatic heterocycles. The molecule has 5 heteroatoms. The predicted molar refractivity (Wildman–Crippen MR) is 173 cm³/mol. The molecule has 0 aliphatic rings. The maximum absolute atomic E-state index is 10.5. The molecule has 0 heterocycles. The van der Waals surface area contributed by atoms with Crippen molar-refractivity contribution in [2.24, 2.45) is 0 Å². The summed E-state index contributed by atoms with van der Waals surface area (Å²) >= 11 is 0. The number of unbranched alkanes of at least 4 members (excludes halogenated alkanes) is 16. The van der Waals surface area contributed by atoms with Gasteiger partial charge >= 0.3 is 0 Å². The Kier molecular flexibility index (Phi) is 20.0. The first kappa shape index (κ1) is 36.3. The Balaban J connectivity index is 0.000000603. The van der Waals surface area contributed by atoms with Gasteiger partial charge in [0, 0.05) is 0 Å².